The Bertz CT molecular complexity index is 873. The van der Waals surface area contributed by atoms with Crippen molar-refractivity contribution in [3.8, 4) is 5.75 Å². The highest BCUT2D eigenvalue weighted by Gasteiger charge is 2.30. The monoisotopic (exact) mass is 429 g/mol. The predicted octanol–water partition coefficient (Wildman–Crippen LogP) is 4.58. The maximum Gasteiger partial charge on any atom is 0.313 e. The molecule has 1 heterocycles. The van der Waals surface area contributed by atoms with Crippen molar-refractivity contribution in [3.63, 3.8) is 0 Å². The van der Waals surface area contributed by atoms with E-state index in [0.29, 0.717) is 28.3 Å². The molecule has 1 aliphatic carbocycles. The number of pyridine rings is 1. The van der Waals surface area contributed by atoms with Crippen LogP contribution in [0.2, 0.25) is 5.02 Å². The number of nitrogens with zero attached hydrogens (tertiary/aromatic N) is 1. The van der Waals surface area contributed by atoms with Crippen LogP contribution in [0.1, 0.15) is 45.2 Å². The first-order chi connectivity index (χ1) is 14.4. The number of amides is 2. The quantitative estimate of drug-likeness (QED) is 0.658. The number of nitrogens with one attached hydrogen (secondary N) is 2. The molecule has 2 aromatic rings. The summed E-state index contributed by atoms with van der Waals surface area (Å²) in [5.41, 5.74) is 1.22. The number of aromatic nitrogens is 1. The van der Waals surface area contributed by atoms with Gasteiger partial charge in [-0.2, -0.15) is 0 Å². The lowest BCUT2D eigenvalue weighted by atomic mass is 9.78. The molecule has 0 radical (unpaired) electrons. The Balaban J connectivity index is 1.55. The van der Waals surface area contributed by atoms with Crippen LogP contribution in [0.3, 0.4) is 0 Å². The molecule has 2 unspecified atom stereocenters. The molecule has 6 nitrogen and oxygen atoms in total. The fourth-order valence-corrected chi connectivity index (χ4v) is 4.12. The molecule has 0 spiro atoms. The molecule has 7 heteroatoms. The smallest absolute Gasteiger partial charge is 0.313 e. The van der Waals surface area contributed by atoms with Crippen LogP contribution in [0.5, 0.6) is 5.75 Å². The fraction of sp³-hybridized carbons (Fsp3) is 0.435. The summed E-state index contributed by atoms with van der Waals surface area (Å²) in [6.45, 7) is 4.61. The highest BCUT2D eigenvalue weighted by molar-refractivity contribution is 6.40. The molecule has 2 N–H and O–H groups in total. The van der Waals surface area contributed by atoms with Crippen molar-refractivity contribution in [2.75, 3.05) is 5.32 Å². The van der Waals surface area contributed by atoms with Crippen LogP contribution in [-0.4, -0.2) is 22.8 Å². The van der Waals surface area contributed by atoms with Crippen LogP contribution >= 0.6 is 11.6 Å². The Morgan fingerprint density at radius 1 is 1.17 bits per heavy atom. The standard InChI is InChI=1S/C23H28ClN3O3/c1-15(2)18-8-3-4-9-20(18)27-23(29)22(28)26-16-10-11-21(19(24)13-16)30-14-17-7-5-6-12-25-17/h5-7,10-13,15,18,20H,3-4,8-9,14H2,1-2H3,(H,26,28)(H,27,29). The summed E-state index contributed by atoms with van der Waals surface area (Å²) in [4.78, 5) is 29.0. The highest BCUT2D eigenvalue weighted by atomic mass is 35.5. The van der Waals surface area contributed by atoms with Crippen molar-refractivity contribution in [1.82, 2.24) is 10.3 Å². The van der Waals surface area contributed by atoms with Crippen LogP contribution in [0.15, 0.2) is 42.6 Å². The van der Waals surface area contributed by atoms with E-state index < -0.39 is 11.8 Å². The molecule has 160 valence electrons. The first-order valence-corrected chi connectivity index (χ1v) is 10.8. The summed E-state index contributed by atoms with van der Waals surface area (Å²) >= 11 is 6.27. The van der Waals surface area contributed by atoms with Crippen molar-refractivity contribution < 1.29 is 14.3 Å². The van der Waals surface area contributed by atoms with E-state index in [0.717, 1.165) is 25.0 Å². The molecule has 1 aromatic heterocycles. The second kappa shape index (κ2) is 10.4. The van der Waals surface area contributed by atoms with Gasteiger partial charge in [0.2, 0.25) is 0 Å². The van der Waals surface area contributed by atoms with Gasteiger partial charge in [-0.3, -0.25) is 14.6 Å². The van der Waals surface area contributed by atoms with Gasteiger partial charge >= 0.3 is 11.8 Å². The first-order valence-electron chi connectivity index (χ1n) is 10.4. The molecule has 2 amide bonds. The Labute approximate surface area is 182 Å². The van der Waals surface area contributed by atoms with E-state index in [9.17, 15) is 9.59 Å². The Morgan fingerprint density at radius 2 is 1.97 bits per heavy atom. The molecule has 0 aliphatic heterocycles. The van der Waals surface area contributed by atoms with Gasteiger partial charge in [0.1, 0.15) is 12.4 Å². The second-order valence-electron chi connectivity index (χ2n) is 7.98. The summed E-state index contributed by atoms with van der Waals surface area (Å²) in [6, 6.07) is 10.5. The number of rotatable bonds is 6. The lowest BCUT2D eigenvalue weighted by Gasteiger charge is -2.34. The zero-order valence-corrected chi connectivity index (χ0v) is 18.1. The van der Waals surface area contributed by atoms with Crippen LogP contribution in [-0.2, 0) is 16.2 Å². The molecule has 1 aromatic carbocycles. The molecule has 1 saturated carbocycles. The molecule has 30 heavy (non-hydrogen) atoms. The van der Waals surface area contributed by atoms with Gasteiger partial charge in [-0.25, -0.2) is 0 Å². The number of carbonyl (C=O) groups is 2. The summed E-state index contributed by atoms with van der Waals surface area (Å²) in [7, 11) is 0. The maximum absolute atomic E-state index is 12.4. The summed E-state index contributed by atoms with van der Waals surface area (Å²) in [5.74, 6) is 0.0452. The van der Waals surface area contributed by atoms with Crippen LogP contribution in [0, 0.1) is 11.8 Å². The third-order valence-electron chi connectivity index (χ3n) is 5.49. The Hall–Kier alpha value is -2.60. The first kappa shape index (κ1) is 22.1. The highest BCUT2D eigenvalue weighted by Crippen LogP contribution is 2.30. The SMILES string of the molecule is CC(C)C1CCCCC1NC(=O)C(=O)Nc1ccc(OCc2ccccn2)c(Cl)c1. The average Bonchev–Trinajstić information content (AvgIpc) is 2.74. The van der Waals surface area contributed by atoms with Gasteiger partial charge < -0.3 is 15.4 Å². The predicted molar refractivity (Wildman–Crippen MR) is 117 cm³/mol. The summed E-state index contributed by atoms with van der Waals surface area (Å²) in [6.07, 6.45) is 5.94. The van der Waals surface area contributed by atoms with E-state index in [1.54, 1.807) is 24.4 Å². The van der Waals surface area contributed by atoms with Gasteiger partial charge in [-0.05, 0) is 55.0 Å². The molecular formula is C23H28ClN3O3. The number of ether oxygens (including phenoxy) is 1. The number of benzene rings is 1. The normalized spacial score (nSPS) is 18.7. The van der Waals surface area contributed by atoms with Crippen LogP contribution in [0.4, 0.5) is 5.69 Å². The third kappa shape index (κ3) is 5.95. The molecule has 0 saturated heterocycles. The average molecular weight is 430 g/mol. The number of hydrogen-bond donors (Lipinski definition) is 2. The van der Waals surface area contributed by atoms with Gasteiger partial charge in [0.25, 0.3) is 0 Å². The Morgan fingerprint density at radius 3 is 2.67 bits per heavy atom. The number of carbonyl (C=O) groups excluding carboxylic acids is 2. The molecule has 1 aliphatic rings. The fourth-order valence-electron chi connectivity index (χ4n) is 3.89. The maximum atomic E-state index is 12.4. The summed E-state index contributed by atoms with van der Waals surface area (Å²) < 4.78 is 5.68. The van der Waals surface area contributed by atoms with E-state index in [-0.39, 0.29) is 12.6 Å². The van der Waals surface area contributed by atoms with Gasteiger partial charge in [-0.15, -0.1) is 0 Å². The lowest BCUT2D eigenvalue weighted by Crippen LogP contribution is -2.47. The van der Waals surface area contributed by atoms with Crippen molar-refractivity contribution in [2.24, 2.45) is 11.8 Å². The van der Waals surface area contributed by atoms with E-state index >= 15 is 0 Å². The van der Waals surface area contributed by atoms with Gasteiger partial charge in [0.15, 0.2) is 0 Å². The molecular weight excluding hydrogens is 402 g/mol. The minimum atomic E-state index is -0.693. The number of hydrogen-bond acceptors (Lipinski definition) is 4. The zero-order valence-electron chi connectivity index (χ0n) is 17.4. The van der Waals surface area contributed by atoms with Gasteiger partial charge in [0.05, 0.1) is 10.7 Å². The molecule has 0 bridgehead atoms. The topological polar surface area (TPSA) is 80.3 Å². The third-order valence-corrected chi connectivity index (χ3v) is 5.79. The minimum Gasteiger partial charge on any atom is -0.486 e. The Kier molecular flexibility index (Phi) is 7.69. The van der Waals surface area contributed by atoms with Crippen molar-refractivity contribution in [2.45, 2.75) is 52.2 Å². The van der Waals surface area contributed by atoms with Crippen molar-refractivity contribution in [3.05, 3.63) is 53.3 Å². The van der Waals surface area contributed by atoms with Crippen molar-refractivity contribution in [1.29, 1.82) is 0 Å². The minimum absolute atomic E-state index is 0.0444. The molecule has 3 rings (SSSR count). The number of anilines is 1. The van der Waals surface area contributed by atoms with E-state index in [4.69, 9.17) is 16.3 Å². The largest absolute Gasteiger partial charge is 0.486 e. The van der Waals surface area contributed by atoms with E-state index in [1.807, 2.05) is 18.2 Å². The summed E-state index contributed by atoms with van der Waals surface area (Å²) in [5, 5.41) is 5.88. The zero-order chi connectivity index (χ0) is 21.5. The number of halogens is 1. The van der Waals surface area contributed by atoms with Crippen LogP contribution in [0.25, 0.3) is 0 Å². The van der Waals surface area contributed by atoms with E-state index in [2.05, 4.69) is 29.5 Å². The molecule has 1 fully saturated rings. The van der Waals surface area contributed by atoms with Crippen molar-refractivity contribution >= 4 is 29.1 Å². The van der Waals surface area contributed by atoms with Gasteiger partial charge in [0, 0.05) is 17.9 Å². The molecule has 2 atom stereocenters. The van der Waals surface area contributed by atoms with E-state index in [1.165, 1.54) is 6.42 Å². The lowest BCUT2D eigenvalue weighted by molar-refractivity contribution is -0.137. The van der Waals surface area contributed by atoms with Crippen LogP contribution < -0.4 is 15.4 Å². The van der Waals surface area contributed by atoms with Gasteiger partial charge in [-0.1, -0.05) is 44.4 Å². The second-order valence-corrected chi connectivity index (χ2v) is 8.39.